The number of anilines is 1. The Kier molecular flexibility index (Phi) is 6.48. The molecular weight excluding hydrogens is 416 g/mol. The molecule has 6 nitrogen and oxygen atoms in total. The Balaban J connectivity index is 1.82. The number of likely N-dealkylation sites (tertiary alicyclic amines) is 1. The molecule has 0 amide bonds. The number of ether oxygens (including phenoxy) is 3. The number of aryl methyl sites for hydroxylation is 1. The minimum Gasteiger partial charge on any atom is -0.504 e. The highest BCUT2D eigenvalue weighted by molar-refractivity contribution is 5.56. The van der Waals surface area contributed by atoms with Crippen LogP contribution < -0.4 is 14.8 Å². The second kappa shape index (κ2) is 9.18. The molecule has 0 radical (unpaired) electrons. The molecule has 2 aromatic carbocycles. The van der Waals surface area contributed by atoms with Crippen molar-refractivity contribution in [3.63, 3.8) is 0 Å². The zero-order valence-electron chi connectivity index (χ0n) is 20.5. The maximum absolute atomic E-state index is 11.3. The van der Waals surface area contributed by atoms with E-state index in [9.17, 15) is 5.11 Å². The number of methoxy groups -OCH3 is 3. The summed E-state index contributed by atoms with van der Waals surface area (Å²) in [6.07, 6.45) is 4.03. The van der Waals surface area contributed by atoms with Crippen molar-refractivity contribution in [2.24, 2.45) is 5.92 Å². The van der Waals surface area contributed by atoms with Crippen LogP contribution in [0, 0.1) is 12.8 Å². The first kappa shape index (κ1) is 23.3. The van der Waals surface area contributed by atoms with Gasteiger partial charge in [-0.05, 0) is 82.3 Å². The number of nitrogens with one attached hydrogen (secondary N) is 1. The number of phenols is 1. The van der Waals surface area contributed by atoms with E-state index >= 15 is 0 Å². The van der Waals surface area contributed by atoms with Crippen LogP contribution in [-0.4, -0.2) is 57.0 Å². The Morgan fingerprint density at radius 2 is 1.76 bits per heavy atom. The van der Waals surface area contributed by atoms with E-state index in [0.717, 1.165) is 47.7 Å². The highest BCUT2D eigenvalue weighted by Gasteiger charge is 2.52. The summed E-state index contributed by atoms with van der Waals surface area (Å²) >= 11 is 0. The number of piperidine rings is 1. The molecule has 2 N–H and O–H groups in total. The van der Waals surface area contributed by atoms with Crippen LogP contribution in [0.25, 0.3) is 0 Å². The monoisotopic (exact) mass is 452 g/mol. The van der Waals surface area contributed by atoms with Crippen LogP contribution >= 0.6 is 0 Å². The molecule has 2 aromatic rings. The van der Waals surface area contributed by atoms with Gasteiger partial charge in [-0.15, -0.1) is 0 Å². The Morgan fingerprint density at radius 3 is 2.39 bits per heavy atom. The maximum Gasteiger partial charge on any atom is 0.161 e. The molecule has 0 saturated carbocycles. The highest BCUT2D eigenvalue weighted by Crippen LogP contribution is 2.55. The molecule has 1 aliphatic carbocycles. The van der Waals surface area contributed by atoms with Crippen LogP contribution in [0.2, 0.25) is 0 Å². The molecule has 1 heterocycles. The van der Waals surface area contributed by atoms with E-state index in [1.54, 1.807) is 21.3 Å². The van der Waals surface area contributed by atoms with Gasteiger partial charge in [0.2, 0.25) is 0 Å². The Hall–Kier alpha value is -2.86. The molecule has 4 atom stereocenters. The van der Waals surface area contributed by atoms with Gasteiger partial charge in [-0.1, -0.05) is 6.07 Å². The van der Waals surface area contributed by atoms with Crippen LogP contribution in [-0.2, 0) is 10.2 Å². The predicted molar refractivity (Wildman–Crippen MR) is 131 cm³/mol. The fraction of sp³-hybridized carbons (Fsp3) is 0.481. The van der Waals surface area contributed by atoms with Crippen LogP contribution in [0.3, 0.4) is 0 Å². The molecule has 1 aliphatic heterocycles. The van der Waals surface area contributed by atoms with Gasteiger partial charge in [-0.2, -0.15) is 0 Å². The quantitative estimate of drug-likeness (QED) is 0.662. The van der Waals surface area contributed by atoms with Crippen molar-refractivity contribution in [3.05, 3.63) is 59.4 Å². The lowest BCUT2D eigenvalue weighted by atomic mass is 9.57. The standard InChI is InChI=1S/C27H36N2O4/c1-17-7-12-23(32-5)26(30)25(17)27-13-14-29(3)18(2)21(27)15-24(33-6)22(16-27)28-19-8-10-20(31-4)11-9-19/h7-12,15,18,21-22,28,30H,13-14,16H2,1-6H3. The summed E-state index contributed by atoms with van der Waals surface area (Å²) in [7, 11) is 7.20. The fourth-order valence-corrected chi connectivity index (χ4v) is 5.86. The molecule has 1 saturated heterocycles. The summed E-state index contributed by atoms with van der Waals surface area (Å²) in [5, 5.41) is 15.0. The molecule has 1 fully saturated rings. The topological polar surface area (TPSA) is 63.2 Å². The van der Waals surface area contributed by atoms with E-state index in [1.807, 2.05) is 30.3 Å². The highest BCUT2D eigenvalue weighted by atomic mass is 16.5. The molecule has 178 valence electrons. The van der Waals surface area contributed by atoms with Gasteiger partial charge in [0.25, 0.3) is 0 Å². The van der Waals surface area contributed by atoms with Gasteiger partial charge in [-0.25, -0.2) is 0 Å². The second-order valence-electron chi connectivity index (χ2n) is 9.36. The summed E-state index contributed by atoms with van der Waals surface area (Å²) < 4.78 is 16.7. The van der Waals surface area contributed by atoms with Gasteiger partial charge in [-0.3, -0.25) is 0 Å². The van der Waals surface area contributed by atoms with E-state index in [1.165, 1.54) is 0 Å². The van der Waals surface area contributed by atoms with Crippen molar-refractivity contribution in [1.29, 1.82) is 0 Å². The van der Waals surface area contributed by atoms with Crippen molar-refractivity contribution in [1.82, 2.24) is 4.90 Å². The number of fused-ring (bicyclic) bond motifs is 1. The van der Waals surface area contributed by atoms with E-state index in [0.29, 0.717) is 11.8 Å². The minimum absolute atomic E-state index is 0.0275. The Morgan fingerprint density at radius 1 is 1.03 bits per heavy atom. The first-order chi connectivity index (χ1) is 15.8. The molecule has 33 heavy (non-hydrogen) atoms. The van der Waals surface area contributed by atoms with Gasteiger partial charge in [0, 0.05) is 28.6 Å². The molecule has 4 unspecified atom stereocenters. The number of aromatic hydroxyl groups is 1. The molecule has 2 aliphatic rings. The van der Waals surface area contributed by atoms with Crippen molar-refractivity contribution in [2.45, 2.75) is 44.2 Å². The van der Waals surface area contributed by atoms with Crippen LogP contribution in [0.5, 0.6) is 17.2 Å². The van der Waals surface area contributed by atoms with Gasteiger partial charge < -0.3 is 29.5 Å². The lowest BCUT2D eigenvalue weighted by Gasteiger charge is -2.54. The van der Waals surface area contributed by atoms with E-state index in [2.05, 4.69) is 43.3 Å². The molecule has 0 aromatic heterocycles. The SMILES string of the molecule is COC1=CC2C(C)N(C)CCC2(c2c(C)ccc(OC)c2O)CC1Nc1ccc(OC)cc1. The van der Waals surface area contributed by atoms with Crippen LogP contribution in [0.4, 0.5) is 5.69 Å². The second-order valence-corrected chi connectivity index (χ2v) is 9.36. The summed E-state index contributed by atoms with van der Waals surface area (Å²) in [6, 6.07) is 12.1. The van der Waals surface area contributed by atoms with Gasteiger partial charge in [0.15, 0.2) is 11.5 Å². The first-order valence-electron chi connectivity index (χ1n) is 11.6. The largest absolute Gasteiger partial charge is 0.504 e. The lowest BCUT2D eigenvalue weighted by Crippen LogP contribution is -2.57. The molecule has 6 heteroatoms. The molecule has 0 bridgehead atoms. The zero-order chi connectivity index (χ0) is 23.8. The lowest BCUT2D eigenvalue weighted by molar-refractivity contribution is 0.0544. The first-order valence-corrected chi connectivity index (χ1v) is 11.6. The zero-order valence-corrected chi connectivity index (χ0v) is 20.5. The minimum atomic E-state index is -0.249. The van der Waals surface area contributed by atoms with Crippen LogP contribution in [0.15, 0.2) is 48.2 Å². The third-order valence-corrected chi connectivity index (χ3v) is 7.75. The molecule has 4 rings (SSSR count). The number of hydrogen-bond acceptors (Lipinski definition) is 6. The Bertz CT molecular complexity index is 1020. The normalized spacial score (nSPS) is 27.3. The number of nitrogens with zero attached hydrogens (tertiary/aromatic N) is 1. The van der Waals surface area contributed by atoms with E-state index < -0.39 is 0 Å². The summed E-state index contributed by atoms with van der Waals surface area (Å²) in [4.78, 5) is 2.40. The van der Waals surface area contributed by atoms with Crippen molar-refractivity contribution < 1.29 is 19.3 Å². The number of rotatable bonds is 6. The number of hydrogen-bond donors (Lipinski definition) is 2. The van der Waals surface area contributed by atoms with Gasteiger partial charge in [0.1, 0.15) is 11.5 Å². The van der Waals surface area contributed by atoms with E-state index in [-0.39, 0.29) is 23.1 Å². The summed E-state index contributed by atoms with van der Waals surface area (Å²) in [5.41, 5.74) is 2.85. The van der Waals surface area contributed by atoms with Gasteiger partial charge >= 0.3 is 0 Å². The van der Waals surface area contributed by atoms with Crippen molar-refractivity contribution >= 4 is 5.69 Å². The smallest absolute Gasteiger partial charge is 0.161 e. The number of benzene rings is 2. The molecular formula is C27H36N2O4. The average molecular weight is 453 g/mol. The van der Waals surface area contributed by atoms with E-state index in [4.69, 9.17) is 14.2 Å². The van der Waals surface area contributed by atoms with Crippen molar-refractivity contribution in [3.8, 4) is 17.2 Å². The number of phenolic OH excluding ortho intramolecular Hbond substituents is 1. The maximum atomic E-state index is 11.3. The fourth-order valence-electron chi connectivity index (χ4n) is 5.86. The summed E-state index contributed by atoms with van der Waals surface area (Å²) in [5.74, 6) is 2.74. The third-order valence-electron chi connectivity index (χ3n) is 7.75. The van der Waals surface area contributed by atoms with Crippen LogP contribution in [0.1, 0.15) is 30.9 Å². The molecule has 0 spiro atoms. The summed E-state index contributed by atoms with van der Waals surface area (Å²) in [6.45, 7) is 5.32. The van der Waals surface area contributed by atoms with Crippen molar-refractivity contribution in [2.75, 3.05) is 40.2 Å². The Labute approximate surface area is 197 Å². The van der Waals surface area contributed by atoms with Gasteiger partial charge in [0.05, 0.1) is 27.4 Å². The predicted octanol–water partition coefficient (Wildman–Crippen LogP) is 4.71. The average Bonchev–Trinajstić information content (AvgIpc) is 2.82. The third kappa shape index (κ3) is 4.01.